The van der Waals surface area contributed by atoms with Crippen LogP contribution in [0.2, 0.25) is 0 Å². The zero-order valence-electron chi connectivity index (χ0n) is 12.8. The van der Waals surface area contributed by atoms with Gasteiger partial charge in [-0.05, 0) is 24.1 Å². The van der Waals surface area contributed by atoms with Crippen molar-refractivity contribution in [3.8, 4) is 11.3 Å². The fourth-order valence-electron chi connectivity index (χ4n) is 3.04. The summed E-state index contributed by atoms with van der Waals surface area (Å²) in [6, 6.07) is 6.53. The molecule has 0 aliphatic carbocycles. The van der Waals surface area contributed by atoms with Crippen molar-refractivity contribution in [2.75, 3.05) is 24.2 Å². The Labute approximate surface area is 125 Å². The smallest absolute Gasteiger partial charge is 0.132 e. The Hall–Kier alpha value is -2.23. The molecule has 0 bridgehead atoms. The number of fused-ring (bicyclic) bond motifs is 1. The van der Waals surface area contributed by atoms with E-state index in [0.717, 1.165) is 42.3 Å². The number of aromatic nitrogens is 2. The molecule has 0 unspecified atom stereocenters. The summed E-state index contributed by atoms with van der Waals surface area (Å²) in [6.07, 6.45) is 3.82. The highest BCUT2D eigenvalue weighted by Crippen LogP contribution is 2.33. The minimum atomic E-state index is 0.704. The van der Waals surface area contributed by atoms with Gasteiger partial charge >= 0.3 is 0 Å². The van der Waals surface area contributed by atoms with Crippen LogP contribution in [0.15, 0.2) is 30.9 Å². The van der Waals surface area contributed by atoms with Gasteiger partial charge in [0.1, 0.15) is 17.3 Å². The van der Waals surface area contributed by atoms with Crippen molar-refractivity contribution in [2.24, 2.45) is 0 Å². The van der Waals surface area contributed by atoms with Crippen LogP contribution in [0, 0.1) is 0 Å². The summed E-state index contributed by atoms with van der Waals surface area (Å²) < 4.78 is 2.04. The van der Waals surface area contributed by atoms with E-state index in [4.69, 9.17) is 10.7 Å². The average molecular weight is 282 g/mol. The standard InChI is InChI=1S/C17H22N4/c1-4-9-21-15(5-2)19-16(17(21)18)13-6-7-14-12(11-13)8-10-20(14)3/h4,6-7,11H,1,5,8-10,18H2,2-3H3. The fourth-order valence-corrected chi connectivity index (χ4v) is 3.04. The summed E-state index contributed by atoms with van der Waals surface area (Å²) in [6.45, 7) is 7.69. The highest BCUT2D eigenvalue weighted by atomic mass is 15.1. The summed E-state index contributed by atoms with van der Waals surface area (Å²) in [5.41, 5.74) is 11.0. The minimum Gasteiger partial charge on any atom is -0.383 e. The zero-order chi connectivity index (χ0) is 15.0. The lowest BCUT2D eigenvalue weighted by atomic mass is 10.1. The summed E-state index contributed by atoms with van der Waals surface area (Å²) in [5, 5.41) is 0. The normalized spacial score (nSPS) is 13.5. The van der Waals surface area contributed by atoms with Gasteiger partial charge in [-0.1, -0.05) is 19.1 Å². The van der Waals surface area contributed by atoms with E-state index in [-0.39, 0.29) is 0 Å². The molecule has 0 radical (unpaired) electrons. The number of aryl methyl sites for hydroxylation is 1. The third-order valence-electron chi connectivity index (χ3n) is 4.19. The van der Waals surface area contributed by atoms with Crippen molar-refractivity contribution in [2.45, 2.75) is 26.3 Å². The molecule has 1 aliphatic heterocycles. The molecule has 2 aromatic rings. The van der Waals surface area contributed by atoms with Crippen LogP contribution in [0.3, 0.4) is 0 Å². The van der Waals surface area contributed by atoms with Gasteiger partial charge in [0.15, 0.2) is 0 Å². The van der Waals surface area contributed by atoms with Gasteiger partial charge in [-0.2, -0.15) is 0 Å². The first-order valence-electron chi connectivity index (χ1n) is 7.46. The van der Waals surface area contributed by atoms with Crippen molar-refractivity contribution in [3.05, 3.63) is 42.2 Å². The summed E-state index contributed by atoms with van der Waals surface area (Å²) in [4.78, 5) is 7.03. The lowest BCUT2D eigenvalue weighted by Gasteiger charge is -2.12. The Balaban J connectivity index is 2.07. The van der Waals surface area contributed by atoms with Gasteiger partial charge in [-0.15, -0.1) is 6.58 Å². The number of anilines is 2. The molecule has 0 saturated carbocycles. The number of allylic oxidation sites excluding steroid dienone is 1. The molecule has 1 aromatic carbocycles. The van der Waals surface area contributed by atoms with Crippen LogP contribution in [-0.2, 0) is 19.4 Å². The molecule has 0 spiro atoms. The summed E-state index contributed by atoms with van der Waals surface area (Å²) in [5.74, 6) is 1.75. The van der Waals surface area contributed by atoms with Gasteiger partial charge in [0.2, 0.25) is 0 Å². The first-order chi connectivity index (χ1) is 10.2. The van der Waals surface area contributed by atoms with Gasteiger partial charge in [-0.25, -0.2) is 4.98 Å². The molecule has 1 aromatic heterocycles. The lowest BCUT2D eigenvalue weighted by Crippen LogP contribution is -2.12. The third-order valence-corrected chi connectivity index (χ3v) is 4.19. The molecule has 21 heavy (non-hydrogen) atoms. The second kappa shape index (κ2) is 5.28. The maximum Gasteiger partial charge on any atom is 0.132 e. The number of hydrogen-bond donors (Lipinski definition) is 1. The summed E-state index contributed by atoms with van der Waals surface area (Å²) >= 11 is 0. The summed E-state index contributed by atoms with van der Waals surface area (Å²) in [7, 11) is 2.13. The number of rotatable bonds is 4. The van der Waals surface area contributed by atoms with Gasteiger partial charge < -0.3 is 15.2 Å². The third kappa shape index (κ3) is 2.20. The highest BCUT2D eigenvalue weighted by Gasteiger charge is 2.19. The number of benzene rings is 1. The molecule has 1 aliphatic rings. The molecule has 3 rings (SSSR count). The topological polar surface area (TPSA) is 47.1 Å². The first kappa shape index (κ1) is 13.7. The number of likely N-dealkylation sites (N-methyl/N-ethyl adjacent to an activating group) is 1. The van der Waals surface area contributed by atoms with Crippen LogP contribution >= 0.6 is 0 Å². The van der Waals surface area contributed by atoms with Crippen molar-refractivity contribution in [3.63, 3.8) is 0 Å². The van der Waals surface area contributed by atoms with E-state index in [0.29, 0.717) is 6.54 Å². The Bertz CT molecular complexity index is 684. The molecule has 2 N–H and O–H groups in total. The fraction of sp³-hybridized carbons (Fsp3) is 0.353. The van der Waals surface area contributed by atoms with E-state index >= 15 is 0 Å². The van der Waals surface area contributed by atoms with Crippen LogP contribution < -0.4 is 10.6 Å². The van der Waals surface area contributed by atoms with E-state index in [9.17, 15) is 0 Å². The largest absolute Gasteiger partial charge is 0.383 e. The monoisotopic (exact) mass is 282 g/mol. The minimum absolute atomic E-state index is 0.704. The highest BCUT2D eigenvalue weighted by molar-refractivity contribution is 5.75. The molecule has 4 nitrogen and oxygen atoms in total. The Morgan fingerprint density at radius 1 is 1.43 bits per heavy atom. The van der Waals surface area contributed by atoms with Crippen LogP contribution in [0.25, 0.3) is 11.3 Å². The molecule has 0 atom stereocenters. The average Bonchev–Trinajstić information content (AvgIpc) is 3.01. The van der Waals surface area contributed by atoms with Crippen molar-refractivity contribution < 1.29 is 0 Å². The van der Waals surface area contributed by atoms with Crippen LogP contribution in [0.1, 0.15) is 18.3 Å². The van der Waals surface area contributed by atoms with Gasteiger partial charge in [0.25, 0.3) is 0 Å². The number of hydrogen-bond acceptors (Lipinski definition) is 3. The Kier molecular flexibility index (Phi) is 3.45. The number of nitrogen functional groups attached to an aromatic ring is 1. The van der Waals surface area contributed by atoms with Crippen LogP contribution in [0.4, 0.5) is 11.5 Å². The molecule has 4 heteroatoms. The first-order valence-corrected chi connectivity index (χ1v) is 7.46. The van der Waals surface area contributed by atoms with Gasteiger partial charge in [-0.3, -0.25) is 0 Å². The van der Waals surface area contributed by atoms with E-state index < -0.39 is 0 Å². The van der Waals surface area contributed by atoms with Crippen LogP contribution in [0.5, 0.6) is 0 Å². The molecule has 0 amide bonds. The second-order valence-corrected chi connectivity index (χ2v) is 5.53. The van der Waals surface area contributed by atoms with Crippen molar-refractivity contribution in [1.29, 1.82) is 0 Å². The quantitative estimate of drug-likeness (QED) is 0.877. The van der Waals surface area contributed by atoms with Gasteiger partial charge in [0, 0.05) is 37.8 Å². The SMILES string of the molecule is C=CCn1c(CC)nc(-c2ccc3c(c2)CCN3C)c1N. The van der Waals surface area contributed by atoms with Crippen LogP contribution in [-0.4, -0.2) is 23.1 Å². The van der Waals surface area contributed by atoms with Crippen molar-refractivity contribution in [1.82, 2.24) is 9.55 Å². The lowest BCUT2D eigenvalue weighted by molar-refractivity contribution is 0.757. The Morgan fingerprint density at radius 2 is 2.24 bits per heavy atom. The predicted octanol–water partition coefficient (Wildman–Crippen LogP) is 2.87. The molecular formula is C17H22N4. The number of imidazole rings is 1. The van der Waals surface area contributed by atoms with E-state index in [1.807, 2.05) is 10.6 Å². The molecule has 110 valence electrons. The van der Waals surface area contributed by atoms with E-state index in [1.54, 1.807) is 0 Å². The number of nitrogens with zero attached hydrogens (tertiary/aromatic N) is 3. The van der Waals surface area contributed by atoms with E-state index in [1.165, 1.54) is 11.3 Å². The number of nitrogens with two attached hydrogens (primary N) is 1. The predicted molar refractivity (Wildman–Crippen MR) is 88.6 cm³/mol. The Morgan fingerprint density at radius 3 is 2.95 bits per heavy atom. The maximum atomic E-state index is 6.31. The van der Waals surface area contributed by atoms with E-state index in [2.05, 4.69) is 43.6 Å². The van der Waals surface area contributed by atoms with Gasteiger partial charge in [0.05, 0.1) is 0 Å². The molecule has 0 fully saturated rings. The second-order valence-electron chi connectivity index (χ2n) is 5.53. The maximum absolute atomic E-state index is 6.31. The molecular weight excluding hydrogens is 260 g/mol. The van der Waals surface area contributed by atoms with Crippen molar-refractivity contribution >= 4 is 11.5 Å². The molecule has 0 saturated heterocycles. The molecule has 2 heterocycles. The zero-order valence-corrected chi connectivity index (χ0v) is 12.8.